The van der Waals surface area contributed by atoms with E-state index in [4.69, 9.17) is 9.47 Å². The van der Waals surface area contributed by atoms with Gasteiger partial charge in [-0.2, -0.15) is 0 Å². The standard InChI is InChI=1S/C16H16O5/c1-20-13-4-3-9-11(17)5-8-6-14(21-2)12(18)7-10(8)15(9)16(13)19/h3-4,6,8,10,19H,5,7H2,1-2H3. The Hall–Kier alpha value is -2.30. The topological polar surface area (TPSA) is 72.8 Å². The van der Waals surface area contributed by atoms with Gasteiger partial charge in [-0.15, -0.1) is 0 Å². The van der Waals surface area contributed by atoms with E-state index in [-0.39, 0.29) is 35.6 Å². The molecule has 0 heterocycles. The smallest absolute Gasteiger partial charge is 0.197 e. The van der Waals surface area contributed by atoms with Crippen molar-refractivity contribution in [3.05, 3.63) is 35.1 Å². The zero-order valence-electron chi connectivity index (χ0n) is 11.9. The van der Waals surface area contributed by atoms with E-state index < -0.39 is 0 Å². The van der Waals surface area contributed by atoms with Crippen LogP contribution in [0.4, 0.5) is 0 Å². The maximum Gasteiger partial charge on any atom is 0.197 e. The molecule has 0 saturated carbocycles. The largest absolute Gasteiger partial charge is 0.504 e. The monoisotopic (exact) mass is 288 g/mol. The molecule has 1 aromatic carbocycles. The number of ether oxygens (including phenoxy) is 2. The summed E-state index contributed by atoms with van der Waals surface area (Å²) in [5, 5.41) is 10.4. The SMILES string of the molecule is COC1=CC2CC(=O)c3ccc(OC)c(O)c3C2CC1=O. The molecule has 1 aromatic rings. The first kappa shape index (κ1) is 13.7. The molecule has 0 aromatic heterocycles. The van der Waals surface area contributed by atoms with Crippen LogP contribution in [0.5, 0.6) is 11.5 Å². The summed E-state index contributed by atoms with van der Waals surface area (Å²) >= 11 is 0. The Morgan fingerprint density at radius 1 is 1.10 bits per heavy atom. The van der Waals surface area contributed by atoms with Gasteiger partial charge in [-0.25, -0.2) is 0 Å². The van der Waals surface area contributed by atoms with E-state index in [0.717, 1.165) is 0 Å². The summed E-state index contributed by atoms with van der Waals surface area (Å²) in [5.74, 6) is 0.0903. The van der Waals surface area contributed by atoms with Gasteiger partial charge in [0.25, 0.3) is 0 Å². The number of phenolic OH excluding ortho intramolecular Hbond substituents is 1. The summed E-state index contributed by atoms with van der Waals surface area (Å²) in [6.07, 6.45) is 2.26. The van der Waals surface area contributed by atoms with Crippen LogP contribution in [0.1, 0.15) is 34.7 Å². The molecule has 0 aliphatic heterocycles. The second kappa shape index (κ2) is 4.91. The van der Waals surface area contributed by atoms with Crippen molar-refractivity contribution in [2.75, 3.05) is 14.2 Å². The second-order valence-corrected chi connectivity index (χ2v) is 5.34. The molecule has 2 aliphatic rings. The maximum absolute atomic E-state index is 12.3. The zero-order valence-corrected chi connectivity index (χ0v) is 11.9. The molecular weight excluding hydrogens is 272 g/mol. The van der Waals surface area contributed by atoms with Crippen LogP contribution < -0.4 is 4.74 Å². The van der Waals surface area contributed by atoms with Crippen LogP contribution in [0.2, 0.25) is 0 Å². The van der Waals surface area contributed by atoms with Crippen LogP contribution in [0.15, 0.2) is 24.0 Å². The number of aromatic hydroxyl groups is 1. The number of carbonyl (C=O) groups is 2. The van der Waals surface area contributed by atoms with Gasteiger partial charge < -0.3 is 14.6 Å². The molecule has 0 amide bonds. The Kier molecular flexibility index (Phi) is 3.20. The fourth-order valence-electron chi connectivity index (χ4n) is 3.25. The number of Topliss-reactive ketones (excluding diaryl/α,β-unsaturated/α-hetero) is 2. The first-order valence-electron chi connectivity index (χ1n) is 6.78. The lowest BCUT2D eigenvalue weighted by Crippen LogP contribution is -2.30. The Balaban J connectivity index is 2.15. The fraction of sp³-hybridized carbons (Fsp3) is 0.375. The number of benzene rings is 1. The van der Waals surface area contributed by atoms with E-state index in [1.54, 1.807) is 18.2 Å². The average Bonchev–Trinajstić information content (AvgIpc) is 2.48. The first-order valence-corrected chi connectivity index (χ1v) is 6.78. The number of fused-ring (bicyclic) bond motifs is 3. The first-order chi connectivity index (χ1) is 10.1. The zero-order chi connectivity index (χ0) is 15.1. The summed E-state index contributed by atoms with van der Waals surface area (Å²) in [5.41, 5.74) is 1.01. The fourth-order valence-corrected chi connectivity index (χ4v) is 3.25. The van der Waals surface area contributed by atoms with Gasteiger partial charge in [0.2, 0.25) is 0 Å². The van der Waals surface area contributed by atoms with Crippen molar-refractivity contribution in [1.29, 1.82) is 0 Å². The van der Waals surface area contributed by atoms with Crippen LogP contribution in [0.3, 0.4) is 0 Å². The third-order valence-corrected chi connectivity index (χ3v) is 4.27. The lowest BCUT2D eigenvalue weighted by atomic mass is 9.69. The predicted octanol–water partition coefficient (Wildman–Crippen LogP) is 2.19. The van der Waals surface area contributed by atoms with E-state index in [2.05, 4.69) is 0 Å². The van der Waals surface area contributed by atoms with Gasteiger partial charge in [-0.1, -0.05) is 0 Å². The van der Waals surface area contributed by atoms with Crippen LogP contribution in [0.25, 0.3) is 0 Å². The molecule has 2 unspecified atom stereocenters. The van der Waals surface area contributed by atoms with Crippen LogP contribution in [-0.4, -0.2) is 30.9 Å². The quantitative estimate of drug-likeness (QED) is 0.903. The van der Waals surface area contributed by atoms with Crippen LogP contribution >= 0.6 is 0 Å². The van der Waals surface area contributed by atoms with Crippen molar-refractivity contribution in [2.45, 2.75) is 18.8 Å². The number of rotatable bonds is 2. The van der Waals surface area contributed by atoms with Gasteiger partial charge in [0.05, 0.1) is 14.2 Å². The highest BCUT2D eigenvalue weighted by molar-refractivity contribution is 6.02. The van der Waals surface area contributed by atoms with Gasteiger partial charge in [0.15, 0.2) is 28.8 Å². The lowest BCUT2D eigenvalue weighted by molar-refractivity contribution is -0.119. The molecule has 0 bridgehead atoms. The average molecular weight is 288 g/mol. The van der Waals surface area contributed by atoms with Crippen molar-refractivity contribution in [3.63, 3.8) is 0 Å². The number of hydrogen-bond acceptors (Lipinski definition) is 5. The highest BCUT2D eigenvalue weighted by Gasteiger charge is 2.40. The van der Waals surface area contributed by atoms with Gasteiger partial charge in [-0.05, 0) is 24.1 Å². The highest BCUT2D eigenvalue weighted by atomic mass is 16.5. The molecule has 0 spiro atoms. The number of carbonyl (C=O) groups excluding carboxylic acids is 2. The molecule has 5 heteroatoms. The second-order valence-electron chi connectivity index (χ2n) is 5.34. The molecule has 0 fully saturated rings. The van der Waals surface area contributed by atoms with Crippen molar-refractivity contribution < 1.29 is 24.2 Å². The molecular formula is C16H16O5. The van der Waals surface area contributed by atoms with Gasteiger partial charge in [0, 0.05) is 29.9 Å². The molecule has 21 heavy (non-hydrogen) atoms. The van der Waals surface area contributed by atoms with Crippen molar-refractivity contribution in [1.82, 2.24) is 0 Å². The molecule has 1 N–H and O–H groups in total. The summed E-state index contributed by atoms with van der Waals surface area (Å²) in [6, 6.07) is 3.24. The predicted molar refractivity (Wildman–Crippen MR) is 74.6 cm³/mol. The number of hydrogen-bond donors (Lipinski definition) is 1. The lowest BCUT2D eigenvalue weighted by Gasteiger charge is -2.34. The number of methoxy groups -OCH3 is 2. The summed E-state index contributed by atoms with van der Waals surface area (Å²) in [6.45, 7) is 0. The van der Waals surface area contributed by atoms with E-state index in [1.165, 1.54) is 14.2 Å². The molecule has 0 saturated heterocycles. The van der Waals surface area contributed by atoms with Gasteiger partial charge >= 0.3 is 0 Å². The highest BCUT2D eigenvalue weighted by Crippen LogP contribution is 2.48. The minimum atomic E-state index is -0.209. The number of phenols is 1. The maximum atomic E-state index is 12.3. The molecule has 3 rings (SSSR count). The van der Waals surface area contributed by atoms with Crippen molar-refractivity contribution in [2.24, 2.45) is 5.92 Å². The number of allylic oxidation sites excluding steroid dienone is 2. The third-order valence-electron chi connectivity index (χ3n) is 4.27. The Morgan fingerprint density at radius 3 is 2.52 bits per heavy atom. The van der Waals surface area contributed by atoms with E-state index in [1.807, 2.05) is 0 Å². The molecule has 5 nitrogen and oxygen atoms in total. The minimum Gasteiger partial charge on any atom is -0.504 e. The number of ketones is 2. The Bertz CT molecular complexity index is 659. The minimum absolute atomic E-state index is 0.0368. The summed E-state index contributed by atoms with van der Waals surface area (Å²) in [7, 11) is 2.90. The Labute approximate surface area is 122 Å². The molecule has 2 atom stereocenters. The molecule has 2 aliphatic carbocycles. The molecule has 0 radical (unpaired) electrons. The summed E-state index contributed by atoms with van der Waals surface area (Å²) < 4.78 is 10.2. The van der Waals surface area contributed by atoms with Crippen molar-refractivity contribution in [3.8, 4) is 11.5 Å². The normalized spacial score (nSPS) is 24.0. The van der Waals surface area contributed by atoms with Crippen LogP contribution in [-0.2, 0) is 9.53 Å². The van der Waals surface area contributed by atoms with E-state index in [9.17, 15) is 14.7 Å². The van der Waals surface area contributed by atoms with Crippen LogP contribution in [0, 0.1) is 5.92 Å². The van der Waals surface area contributed by atoms with E-state index >= 15 is 0 Å². The van der Waals surface area contributed by atoms with Gasteiger partial charge in [-0.3, -0.25) is 9.59 Å². The Morgan fingerprint density at radius 2 is 1.86 bits per heavy atom. The summed E-state index contributed by atoms with van der Waals surface area (Å²) in [4.78, 5) is 24.3. The molecule has 110 valence electrons. The third kappa shape index (κ3) is 2.00. The van der Waals surface area contributed by atoms with E-state index in [0.29, 0.717) is 29.1 Å². The van der Waals surface area contributed by atoms with Gasteiger partial charge in [0.1, 0.15) is 0 Å². The van der Waals surface area contributed by atoms with Crippen molar-refractivity contribution >= 4 is 11.6 Å².